The number of carboxylic acids is 1. The van der Waals surface area contributed by atoms with Gasteiger partial charge < -0.3 is 14.7 Å². The summed E-state index contributed by atoms with van der Waals surface area (Å²) in [6.07, 6.45) is 0. The minimum Gasteiger partial charge on any atom is -0.496 e. The third-order valence-electron chi connectivity index (χ3n) is 4.63. The number of hydrogen-bond acceptors (Lipinski definition) is 3. The Bertz CT molecular complexity index is 1010. The maximum absolute atomic E-state index is 13.1. The van der Waals surface area contributed by atoms with Crippen molar-refractivity contribution in [2.24, 2.45) is 0 Å². The molecule has 0 aliphatic rings. The molecule has 5 heteroatoms. The molecule has 3 aromatic rings. The van der Waals surface area contributed by atoms with Crippen molar-refractivity contribution >= 4 is 11.9 Å². The summed E-state index contributed by atoms with van der Waals surface area (Å²) in [5.74, 6) is -0.671. The average molecular weight is 389 g/mol. The van der Waals surface area contributed by atoms with Gasteiger partial charge in [-0.1, -0.05) is 60.2 Å². The van der Waals surface area contributed by atoms with Crippen molar-refractivity contribution in [1.82, 2.24) is 4.90 Å². The molecule has 1 amide bonds. The lowest BCUT2D eigenvalue weighted by Gasteiger charge is -2.21. The van der Waals surface area contributed by atoms with Crippen LogP contribution in [0.15, 0.2) is 72.8 Å². The van der Waals surface area contributed by atoms with E-state index in [0.29, 0.717) is 11.3 Å². The fraction of sp³-hybridized carbons (Fsp3) is 0.167. The van der Waals surface area contributed by atoms with E-state index in [1.807, 2.05) is 61.5 Å². The van der Waals surface area contributed by atoms with E-state index in [2.05, 4.69) is 0 Å². The molecule has 0 atom stereocenters. The number of nitrogens with zero attached hydrogens (tertiary/aromatic N) is 1. The Labute approximate surface area is 170 Å². The molecule has 0 aliphatic carbocycles. The first-order valence-corrected chi connectivity index (χ1v) is 9.28. The minimum absolute atomic E-state index is 0.226. The predicted molar refractivity (Wildman–Crippen MR) is 112 cm³/mol. The molecule has 0 fully saturated rings. The molecule has 0 aliphatic heterocycles. The highest BCUT2D eigenvalue weighted by Crippen LogP contribution is 2.30. The first-order chi connectivity index (χ1) is 14.0. The number of benzene rings is 3. The highest BCUT2D eigenvalue weighted by molar-refractivity contribution is 5.97. The number of carbonyl (C=O) groups excluding carboxylic acids is 1. The molecule has 0 unspecified atom stereocenters. The van der Waals surface area contributed by atoms with Crippen molar-refractivity contribution < 1.29 is 19.4 Å². The third kappa shape index (κ3) is 5.02. The summed E-state index contributed by atoms with van der Waals surface area (Å²) in [6, 6.07) is 22.4. The van der Waals surface area contributed by atoms with Gasteiger partial charge in [0.05, 0.1) is 7.11 Å². The van der Waals surface area contributed by atoms with Crippen LogP contribution in [0.1, 0.15) is 21.5 Å². The Morgan fingerprint density at radius 3 is 2.38 bits per heavy atom. The number of amides is 1. The van der Waals surface area contributed by atoms with Crippen LogP contribution in [0.2, 0.25) is 0 Å². The van der Waals surface area contributed by atoms with Crippen molar-refractivity contribution in [2.75, 3.05) is 13.7 Å². The summed E-state index contributed by atoms with van der Waals surface area (Å²) in [4.78, 5) is 25.8. The maximum atomic E-state index is 13.1. The zero-order valence-corrected chi connectivity index (χ0v) is 16.5. The first-order valence-electron chi connectivity index (χ1n) is 9.28. The Hall–Kier alpha value is -3.60. The van der Waals surface area contributed by atoms with E-state index in [4.69, 9.17) is 4.74 Å². The molecule has 0 saturated heterocycles. The van der Waals surface area contributed by atoms with Gasteiger partial charge in [0, 0.05) is 17.7 Å². The van der Waals surface area contributed by atoms with Crippen molar-refractivity contribution in [2.45, 2.75) is 13.5 Å². The van der Waals surface area contributed by atoms with Gasteiger partial charge in [0.2, 0.25) is 0 Å². The third-order valence-corrected chi connectivity index (χ3v) is 4.63. The van der Waals surface area contributed by atoms with Gasteiger partial charge in [-0.2, -0.15) is 0 Å². The van der Waals surface area contributed by atoms with Crippen LogP contribution in [0, 0.1) is 6.92 Å². The van der Waals surface area contributed by atoms with Gasteiger partial charge in [-0.05, 0) is 36.2 Å². The standard InChI is InChI=1S/C24H23NO4/c1-17-10-12-18(13-11-17)15-25(16-23(26)27)24(28)20-7-5-6-19(14-20)21-8-3-4-9-22(21)29-2/h3-14H,15-16H2,1-2H3,(H,26,27). The number of hydrogen-bond donors (Lipinski definition) is 1. The van der Waals surface area contributed by atoms with Crippen LogP contribution in [0.4, 0.5) is 0 Å². The number of aryl methyl sites for hydroxylation is 1. The monoisotopic (exact) mass is 389 g/mol. The first kappa shape index (κ1) is 20.1. The normalized spacial score (nSPS) is 10.4. The summed E-state index contributed by atoms with van der Waals surface area (Å²) >= 11 is 0. The van der Waals surface area contributed by atoms with Gasteiger partial charge in [0.1, 0.15) is 12.3 Å². The van der Waals surface area contributed by atoms with E-state index in [9.17, 15) is 14.7 Å². The molecule has 0 aromatic heterocycles. The molecule has 0 spiro atoms. The molecule has 3 aromatic carbocycles. The lowest BCUT2D eigenvalue weighted by Crippen LogP contribution is -2.35. The number of aliphatic carboxylic acids is 1. The number of ether oxygens (including phenoxy) is 1. The van der Waals surface area contributed by atoms with E-state index in [0.717, 1.165) is 22.3 Å². The van der Waals surface area contributed by atoms with E-state index < -0.39 is 5.97 Å². The molecule has 0 heterocycles. The Kier molecular flexibility index (Phi) is 6.29. The molecule has 0 bridgehead atoms. The number of rotatable bonds is 7. The molecule has 148 valence electrons. The number of carboxylic acid groups (broad SMARTS) is 1. The minimum atomic E-state index is -1.05. The van der Waals surface area contributed by atoms with Crippen molar-refractivity contribution in [3.8, 4) is 16.9 Å². The molecule has 0 saturated carbocycles. The van der Waals surface area contributed by atoms with Crippen LogP contribution in [-0.4, -0.2) is 35.5 Å². The van der Waals surface area contributed by atoms with E-state index in [1.165, 1.54) is 4.90 Å². The van der Waals surface area contributed by atoms with E-state index >= 15 is 0 Å². The summed E-state index contributed by atoms with van der Waals surface area (Å²) < 4.78 is 5.42. The fourth-order valence-corrected chi connectivity index (χ4v) is 3.16. The largest absolute Gasteiger partial charge is 0.496 e. The van der Waals surface area contributed by atoms with Crippen LogP contribution >= 0.6 is 0 Å². The average Bonchev–Trinajstić information content (AvgIpc) is 2.74. The van der Waals surface area contributed by atoms with Gasteiger partial charge in [0.15, 0.2) is 0 Å². The molecule has 0 radical (unpaired) electrons. The molecule has 1 N–H and O–H groups in total. The lowest BCUT2D eigenvalue weighted by atomic mass is 10.0. The van der Waals surface area contributed by atoms with Gasteiger partial charge in [-0.25, -0.2) is 0 Å². The Morgan fingerprint density at radius 2 is 1.69 bits per heavy atom. The van der Waals surface area contributed by atoms with Crippen molar-refractivity contribution in [3.63, 3.8) is 0 Å². The molecule has 5 nitrogen and oxygen atoms in total. The quantitative estimate of drug-likeness (QED) is 0.650. The Balaban J connectivity index is 1.91. The molecule has 3 rings (SSSR count). The van der Waals surface area contributed by atoms with Crippen LogP contribution < -0.4 is 4.74 Å². The second-order valence-electron chi connectivity index (χ2n) is 6.82. The van der Waals surface area contributed by atoms with Crippen LogP contribution in [0.5, 0.6) is 5.75 Å². The van der Waals surface area contributed by atoms with Crippen LogP contribution in [0.25, 0.3) is 11.1 Å². The lowest BCUT2D eigenvalue weighted by molar-refractivity contribution is -0.137. The summed E-state index contributed by atoms with van der Waals surface area (Å²) in [7, 11) is 1.60. The summed E-state index contributed by atoms with van der Waals surface area (Å²) in [5.41, 5.74) is 4.12. The number of methoxy groups -OCH3 is 1. The predicted octanol–water partition coefficient (Wildman–Crippen LogP) is 4.40. The van der Waals surface area contributed by atoms with E-state index in [1.54, 1.807) is 25.3 Å². The highest BCUT2D eigenvalue weighted by Gasteiger charge is 2.20. The summed E-state index contributed by atoms with van der Waals surface area (Å²) in [6.45, 7) is 1.84. The number of carbonyl (C=O) groups is 2. The zero-order valence-electron chi connectivity index (χ0n) is 16.5. The van der Waals surface area contributed by atoms with Crippen LogP contribution in [0.3, 0.4) is 0 Å². The topological polar surface area (TPSA) is 66.8 Å². The highest BCUT2D eigenvalue weighted by atomic mass is 16.5. The summed E-state index contributed by atoms with van der Waals surface area (Å²) in [5, 5.41) is 9.29. The molecular weight excluding hydrogens is 366 g/mol. The SMILES string of the molecule is COc1ccccc1-c1cccc(C(=O)N(CC(=O)O)Cc2ccc(C)cc2)c1. The van der Waals surface area contributed by atoms with Crippen molar-refractivity contribution in [1.29, 1.82) is 0 Å². The number of para-hydroxylation sites is 1. The van der Waals surface area contributed by atoms with Gasteiger partial charge in [-0.15, -0.1) is 0 Å². The van der Waals surface area contributed by atoms with Gasteiger partial charge >= 0.3 is 5.97 Å². The zero-order chi connectivity index (χ0) is 20.8. The maximum Gasteiger partial charge on any atom is 0.323 e. The van der Waals surface area contributed by atoms with Gasteiger partial charge in [0.25, 0.3) is 5.91 Å². The van der Waals surface area contributed by atoms with Crippen LogP contribution in [-0.2, 0) is 11.3 Å². The second-order valence-corrected chi connectivity index (χ2v) is 6.82. The smallest absolute Gasteiger partial charge is 0.323 e. The van der Waals surface area contributed by atoms with Crippen molar-refractivity contribution in [3.05, 3.63) is 89.5 Å². The fourth-order valence-electron chi connectivity index (χ4n) is 3.16. The molecular formula is C24H23NO4. The second kappa shape index (κ2) is 9.06. The van der Waals surface area contributed by atoms with Gasteiger partial charge in [-0.3, -0.25) is 9.59 Å². The Morgan fingerprint density at radius 1 is 0.966 bits per heavy atom. The van der Waals surface area contributed by atoms with E-state index in [-0.39, 0.29) is 19.0 Å². The molecule has 29 heavy (non-hydrogen) atoms.